The first-order chi connectivity index (χ1) is 22.6. The van der Waals surface area contributed by atoms with Gasteiger partial charge in [-0.15, -0.1) is 0 Å². The van der Waals surface area contributed by atoms with Crippen LogP contribution in [0.2, 0.25) is 5.02 Å². The second-order valence-electron chi connectivity index (χ2n) is 12.3. The molecular formula is C38H42ClN3O4S. The first kappa shape index (κ1) is 34.2. The Hall–Kier alpha value is -4.14. The van der Waals surface area contributed by atoms with Crippen LogP contribution in [0.4, 0.5) is 5.69 Å². The summed E-state index contributed by atoms with van der Waals surface area (Å²) in [5, 5.41) is 3.65. The lowest BCUT2D eigenvalue weighted by Crippen LogP contribution is -2.55. The van der Waals surface area contributed by atoms with E-state index in [-0.39, 0.29) is 29.8 Å². The number of sulfonamides is 1. The van der Waals surface area contributed by atoms with E-state index in [1.54, 1.807) is 17.0 Å². The zero-order valence-corrected chi connectivity index (χ0v) is 28.5. The zero-order chi connectivity index (χ0) is 33.4. The van der Waals surface area contributed by atoms with Gasteiger partial charge in [0.1, 0.15) is 12.6 Å². The fraction of sp³-hybridized carbons (Fsp3) is 0.316. The summed E-state index contributed by atoms with van der Waals surface area (Å²) >= 11 is 6.09. The van der Waals surface area contributed by atoms with Gasteiger partial charge in [0, 0.05) is 24.0 Å². The number of halogens is 1. The average Bonchev–Trinajstić information content (AvgIpc) is 3.06. The highest BCUT2D eigenvalue weighted by molar-refractivity contribution is 7.92. The Labute approximate surface area is 283 Å². The molecule has 4 aromatic rings. The van der Waals surface area contributed by atoms with Crippen molar-refractivity contribution in [3.8, 4) is 0 Å². The molecule has 1 unspecified atom stereocenters. The van der Waals surface area contributed by atoms with Gasteiger partial charge in [0.15, 0.2) is 0 Å². The van der Waals surface area contributed by atoms with Crippen molar-refractivity contribution in [2.24, 2.45) is 0 Å². The number of anilines is 1. The standard InChI is InChI=1S/C38H42ClN3O4S/c1-28-12-11-16-31(24-28)26-41(36(25-30-14-5-3-6-15-30)38(44)40-33-17-7-4-8-18-33)37(43)27-42(35-19-10-9-13-29(35)2)47(45,46)34-22-20-32(39)21-23-34/h3,5-6,9-16,19-24,33,36H,4,7-8,17-18,25-27H2,1-2H3,(H,40,44). The van der Waals surface area contributed by atoms with Crippen LogP contribution in [0.3, 0.4) is 0 Å². The molecule has 0 heterocycles. The van der Waals surface area contributed by atoms with E-state index in [4.69, 9.17) is 11.6 Å². The van der Waals surface area contributed by atoms with E-state index in [9.17, 15) is 18.0 Å². The van der Waals surface area contributed by atoms with Gasteiger partial charge in [0.2, 0.25) is 11.8 Å². The molecule has 1 saturated carbocycles. The van der Waals surface area contributed by atoms with Gasteiger partial charge in [-0.3, -0.25) is 13.9 Å². The van der Waals surface area contributed by atoms with Gasteiger partial charge in [-0.2, -0.15) is 0 Å². The molecule has 9 heteroatoms. The van der Waals surface area contributed by atoms with Crippen LogP contribution < -0.4 is 9.62 Å². The van der Waals surface area contributed by atoms with Crippen molar-refractivity contribution in [3.63, 3.8) is 0 Å². The highest BCUT2D eigenvalue weighted by Crippen LogP contribution is 2.28. The van der Waals surface area contributed by atoms with Gasteiger partial charge in [-0.25, -0.2) is 8.42 Å². The van der Waals surface area contributed by atoms with Crippen LogP contribution in [0.1, 0.15) is 54.4 Å². The number of carbonyl (C=O) groups excluding carboxylic acids is 2. The van der Waals surface area contributed by atoms with Crippen LogP contribution in [0, 0.1) is 13.8 Å². The Bertz CT molecular complexity index is 1770. The fourth-order valence-corrected chi connectivity index (χ4v) is 7.80. The Kier molecular flexibility index (Phi) is 11.4. The normalized spacial score (nSPS) is 14.3. The van der Waals surface area contributed by atoms with Crippen molar-refractivity contribution in [2.45, 2.75) is 75.9 Å². The van der Waals surface area contributed by atoms with E-state index >= 15 is 0 Å². The van der Waals surface area contributed by atoms with Crippen molar-refractivity contribution >= 4 is 39.1 Å². The molecule has 5 rings (SSSR count). The monoisotopic (exact) mass is 671 g/mol. The summed E-state index contributed by atoms with van der Waals surface area (Å²) in [6.45, 7) is 3.43. The van der Waals surface area contributed by atoms with Gasteiger partial charge in [-0.05, 0) is 73.7 Å². The first-order valence-electron chi connectivity index (χ1n) is 16.1. The molecule has 4 aromatic carbocycles. The summed E-state index contributed by atoms with van der Waals surface area (Å²) in [7, 11) is -4.20. The molecule has 0 aromatic heterocycles. The van der Waals surface area contributed by atoms with Crippen LogP contribution in [0.15, 0.2) is 108 Å². The SMILES string of the molecule is Cc1cccc(CN(C(=O)CN(c2ccccc2C)S(=O)(=O)c2ccc(Cl)cc2)C(Cc2ccccc2)C(=O)NC2CCCCC2)c1. The number of para-hydroxylation sites is 1. The molecule has 1 atom stereocenters. The minimum Gasteiger partial charge on any atom is -0.352 e. The van der Waals surface area contributed by atoms with Gasteiger partial charge < -0.3 is 10.2 Å². The van der Waals surface area contributed by atoms with Crippen molar-refractivity contribution < 1.29 is 18.0 Å². The van der Waals surface area contributed by atoms with Crippen LogP contribution in [0.25, 0.3) is 0 Å². The predicted octanol–water partition coefficient (Wildman–Crippen LogP) is 7.24. The number of nitrogens with zero attached hydrogens (tertiary/aromatic N) is 2. The van der Waals surface area contributed by atoms with Crippen LogP contribution in [-0.2, 0) is 32.6 Å². The summed E-state index contributed by atoms with van der Waals surface area (Å²) in [5.41, 5.74) is 3.86. The molecule has 1 N–H and O–H groups in total. The molecule has 0 saturated heterocycles. The molecule has 246 valence electrons. The largest absolute Gasteiger partial charge is 0.352 e. The smallest absolute Gasteiger partial charge is 0.264 e. The molecule has 0 radical (unpaired) electrons. The number of aryl methyl sites for hydroxylation is 2. The zero-order valence-electron chi connectivity index (χ0n) is 26.9. The van der Waals surface area contributed by atoms with Gasteiger partial charge in [0.05, 0.1) is 10.6 Å². The van der Waals surface area contributed by atoms with Crippen LogP contribution in [-0.4, -0.2) is 43.8 Å². The second kappa shape index (κ2) is 15.6. The molecule has 1 fully saturated rings. The Morgan fingerprint density at radius 3 is 2.17 bits per heavy atom. The number of hydrogen-bond donors (Lipinski definition) is 1. The summed E-state index contributed by atoms with van der Waals surface area (Å²) in [5.74, 6) is -0.711. The third kappa shape index (κ3) is 8.82. The second-order valence-corrected chi connectivity index (χ2v) is 14.6. The van der Waals surface area contributed by atoms with Gasteiger partial charge in [-0.1, -0.05) is 109 Å². The molecule has 7 nitrogen and oxygen atoms in total. The Morgan fingerprint density at radius 1 is 0.830 bits per heavy atom. The summed E-state index contributed by atoms with van der Waals surface area (Å²) in [6, 6.07) is 29.6. The number of rotatable bonds is 12. The van der Waals surface area contributed by atoms with E-state index in [0.717, 1.165) is 53.1 Å². The maximum Gasteiger partial charge on any atom is 0.264 e. The molecule has 0 bridgehead atoms. The number of nitrogens with one attached hydrogen (secondary N) is 1. The van der Waals surface area contributed by atoms with E-state index < -0.39 is 28.5 Å². The van der Waals surface area contributed by atoms with Crippen molar-refractivity contribution in [2.75, 3.05) is 10.8 Å². The lowest BCUT2D eigenvalue weighted by atomic mass is 9.94. The highest BCUT2D eigenvalue weighted by atomic mass is 35.5. The van der Waals surface area contributed by atoms with E-state index in [1.165, 1.54) is 24.3 Å². The predicted molar refractivity (Wildman–Crippen MR) is 188 cm³/mol. The Balaban J connectivity index is 1.57. The lowest BCUT2D eigenvalue weighted by molar-refractivity contribution is -0.140. The molecular weight excluding hydrogens is 630 g/mol. The fourth-order valence-electron chi connectivity index (χ4n) is 6.20. The first-order valence-corrected chi connectivity index (χ1v) is 18.0. The van der Waals surface area contributed by atoms with E-state index in [1.807, 2.05) is 80.6 Å². The van der Waals surface area contributed by atoms with Crippen molar-refractivity contribution in [1.82, 2.24) is 10.2 Å². The van der Waals surface area contributed by atoms with Crippen molar-refractivity contribution in [3.05, 3.63) is 130 Å². The molecule has 0 aliphatic heterocycles. The third-order valence-corrected chi connectivity index (χ3v) is 10.7. The van der Waals surface area contributed by atoms with Gasteiger partial charge in [0.25, 0.3) is 10.0 Å². The van der Waals surface area contributed by atoms with Crippen LogP contribution >= 0.6 is 11.6 Å². The average molecular weight is 672 g/mol. The Morgan fingerprint density at radius 2 is 1.49 bits per heavy atom. The number of hydrogen-bond acceptors (Lipinski definition) is 4. The third-order valence-electron chi connectivity index (χ3n) is 8.72. The molecule has 2 amide bonds. The van der Waals surface area contributed by atoms with Crippen molar-refractivity contribution in [1.29, 1.82) is 0 Å². The maximum atomic E-state index is 14.7. The minimum absolute atomic E-state index is 0.0130. The maximum absolute atomic E-state index is 14.7. The topological polar surface area (TPSA) is 86.8 Å². The number of benzene rings is 4. The number of carbonyl (C=O) groups is 2. The molecule has 47 heavy (non-hydrogen) atoms. The summed E-state index contributed by atoms with van der Waals surface area (Å²) in [6.07, 6.45) is 5.33. The highest BCUT2D eigenvalue weighted by Gasteiger charge is 2.35. The molecule has 1 aliphatic rings. The number of amides is 2. The van der Waals surface area contributed by atoms with Crippen LogP contribution in [0.5, 0.6) is 0 Å². The van der Waals surface area contributed by atoms with E-state index in [0.29, 0.717) is 16.3 Å². The lowest BCUT2D eigenvalue weighted by Gasteiger charge is -2.35. The molecule has 0 spiro atoms. The van der Waals surface area contributed by atoms with Gasteiger partial charge >= 0.3 is 0 Å². The quantitative estimate of drug-likeness (QED) is 0.172. The summed E-state index contributed by atoms with van der Waals surface area (Å²) < 4.78 is 29.6. The van der Waals surface area contributed by atoms with E-state index in [2.05, 4.69) is 5.32 Å². The molecule has 1 aliphatic carbocycles. The summed E-state index contributed by atoms with van der Waals surface area (Å²) in [4.78, 5) is 30.5. The minimum atomic E-state index is -4.20.